The van der Waals surface area contributed by atoms with Crippen LogP contribution in [0.15, 0.2) is 0 Å². The van der Waals surface area contributed by atoms with Gasteiger partial charge in [0.1, 0.15) is 0 Å². The molecule has 2 saturated carbocycles. The summed E-state index contributed by atoms with van der Waals surface area (Å²) in [7, 11) is 0. The molecule has 5 atom stereocenters. The van der Waals surface area contributed by atoms with E-state index in [2.05, 4.69) is 6.92 Å². The van der Waals surface area contributed by atoms with Crippen molar-refractivity contribution in [3.63, 3.8) is 0 Å². The molecule has 2 bridgehead atoms. The average Bonchev–Trinajstić information content (AvgIpc) is 2.65. The summed E-state index contributed by atoms with van der Waals surface area (Å²) in [6.07, 6.45) is 3.57. The van der Waals surface area contributed by atoms with E-state index >= 15 is 0 Å². The van der Waals surface area contributed by atoms with Crippen molar-refractivity contribution in [3.05, 3.63) is 0 Å². The van der Waals surface area contributed by atoms with Gasteiger partial charge < -0.3 is 9.84 Å². The second kappa shape index (κ2) is 2.05. The highest BCUT2D eigenvalue weighted by atomic mass is 16.6. The van der Waals surface area contributed by atoms with Crippen molar-refractivity contribution in [2.75, 3.05) is 6.61 Å². The van der Waals surface area contributed by atoms with Crippen molar-refractivity contribution < 1.29 is 9.84 Å². The molecule has 2 heteroatoms. The van der Waals surface area contributed by atoms with Crippen molar-refractivity contribution in [2.24, 2.45) is 23.2 Å². The Labute approximate surface area is 72.9 Å². The molecule has 2 nitrogen and oxygen atoms in total. The van der Waals surface area contributed by atoms with Gasteiger partial charge in [0.2, 0.25) is 0 Å². The van der Waals surface area contributed by atoms with Crippen molar-refractivity contribution in [1.82, 2.24) is 0 Å². The summed E-state index contributed by atoms with van der Waals surface area (Å²) in [6, 6.07) is 0. The first-order chi connectivity index (χ1) is 5.73. The van der Waals surface area contributed by atoms with Gasteiger partial charge in [0.25, 0.3) is 0 Å². The molecule has 0 spiro atoms. The van der Waals surface area contributed by atoms with E-state index in [9.17, 15) is 5.11 Å². The lowest BCUT2D eigenvalue weighted by atomic mass is 9.69. The highest BCUT2D eigenvalue weighted by molar-refractivity contribution is 5.07. The quantitative estimate of drug-likeness (QED) is 0.592. The fraction of sp³-hybridized carbons (Fsp3) is 1.00. The van der Waals surface area contributed by atoms with E-state index in [-0.39, 0.29) is 5.41 Å². The van der Waals surface area contributed by atoms with Gasteiger partial charge in [-0.05, 0) is 37.0 Å². The molecule has 3 unspecified atom stereocenters. The smallest absolute Gasteiger partial charge is 0.160 e. The van der Waals surface area contributed by atoms with E-state index in [1.807, 2.05) is 0 Å². The van der Waals surface area contributed by atoms with Gasteiger partial charge in [0.05, 0.1) is 6.61 Å². The summed E-state index contributed by atoms with van der Waals surface area (Å²) in [6.45, 7) is 3.03. The molecule has 1 heterocycles. The highest BCUT2D eigenvalue weighted by Crippen LogP contribution is 2.63. The topological polar surface area (TPSA) is 29.5 Å². The minimum absolute atomic E-state index is 0.114. The first kappa shape index (κ1) is 7.34. The summed E-state index contributed by atoms with van der Waals surface area (Å²) >= 11 is 0. The summed E-state index contributed by atoms with van der Waals surface area (Å²) in [5.74, 6) is 2.26. The van der Waals surface area contributed by atoms with Crippen LogP contribution in [0.5, 0.6) is 0 Å². The molecule has 3 fully saturated rings. The van der Waals surface area contributed by atoms with Gasteiger partial charge in [-0.1, -0.05) is 6.92 Å². The van der Waals surface area contributed by atoms with Gasteiger partial charge in [-0.25, -0.2) is 0 Å². The molecule has 1 saturated heterocycles. The van der Waals surface area contributed by atoms with Crippen LogP contribution in [-0.4, -0.2) is 18.0 Å². The van der Waals surface area contributed by atoms with Crippen LogP contribution in [0.25, 0.3) is 0 Å². The molecule has 1 N–H and O–H groups in total. The molecule has 0 amide bonds. The SMILES string of the molecule is C[C@]12C3CCC(C3)[C@H]1COC2O. The molecule has 0 aromatic carbocycles. The number of hydrogen-bond donors (Lipinski definition) is 1. The Balaban J connectivity index is 2.01. The summed E-state index contributed by atoms with van der Waals surface area (Å²) in [4.78, 5) is 0. The number of ether oxygens (including phenoxy) is 1. The van der Waals surface area contributed by atoms with E-state index in [1.54, 1.807) is 0 Å². The zero-order valence-electron chi connectivity index (χ0n) is 7.49. The Morgan fingerprint density at radius 1 is 1.42 bits per heavy atom. The van der Waals surface area contributed by atoms with Gasteiger partial charge in [-0.3, -0.25) is 0 Å². The number of aliphatic hydroxyl groups is 1. The maximum atomic E-state index is 9.76. The van der Waals surface area contributed by atoms with Gasteiger partial charge in [0, 0.05) is 5.41 Å². The maximum Gasteiger partial charge on any atom is 0.160 e. The van der Waals surface area contributed by atoms with Crippen molar-refractivity contribution in [2.45, 2.75) is 32.5 Å². The third kappa shape index (κ3) is 0.612. The highest BCUT2D eigenvalue weighted by Gasteiger charge is 2.62. The normalized spacial score (nSPS) is 62.5. The Hall–Kier alpha value is -0.0800. The average molecular weight is 168 g/mol. The van der Waals surface area contributed by atoms with E-state index in [0.29, 0.717) is 5.92 Å². The van der Waals surface area contributed by atoms with Crippen LogP contribution >= 0.6 is 0 Å². The lowest BCUT2D eigenvalue weighted by Crippen LogP contribution is -2.38. The lowest BCUT2D eigenvalue weighted by Gasteiger charge is -2.36. The predicted molar refractivity (Wildman–Crippen MR) is 44.4 cm³/mol. The van der Waals surface area contributed by atoms with E-state index in [0.717, 1.165) is 18.4 Å². The van der Waals surface area contributed by atoms with Crippen LogP contribution in [0.1, 0.15) is 26.2 Å². The molecule has 3 aliphatic rings. The Morgan fingerprint density at radius 2 is 2.25 bits per heavy atom. The Kier molecular flexibility index (Phi) is 1.25. The molecular formula is C10H16O2. The van der Waals surface area contributed by atoms with Gasteiger partial charge in [-0.2, -0.15) is 0 Å². The number of fused-ring (bicyclic) bond motifs is 5. The second-order valence-electron chi connectivity index (χ2n) is 4.93. The molecule has 1 aliphatic heterocycles. The fourth-order valence-corrected chi connectivity index (χ4v) is 3.83. The molecule has 0 aromatic rings. The van der Waals surface area contributed by atoms with Crippen LogP contribution in [0.4, 0.5) is 0 Å². The van der Waals surface area contributed by atoms with E-state index in [4.69, 9.17) is 4.74 Å². The molecule has 0 radical (unpaired) electrons. The minimum Gasteiger partial charge on any atom is -0.367 e. The maximum absolute atomic E-state index is 9.76. The standard InChI is InChI=1S/C10H16O2/c1-10-7-3-2-6(4-7)8(10)5-12-9(10)11/h6-9,11H,2-5H2,1H3/t6?,7?,8-,9?,10+/m1/s1. The van der Waals surface area contributed by atoms with Crippen LogP contribution in [0.3, 0.4) is 0 Å². The molecule has 3 rings (SSSR count). The number of rotatable bonds is 0. The summed E-state index contributed by atoms with van der Waals surface area (Å²) < 4.78 is 5.36. The number of hydrogen-bond acceptors (Lipinski definition) is 2. The minimum atomic E-state index is -0.474. The predicted octanol–water partition coefficient (Wildman–Crippen LogP) is 1.39. The zero-order valence-corrected chi connectivity index (χ0v) is 7.49. The summed E-state index contributed by atoms with van der Waals surface area (Å²) in [5.41, 5.74) is 0.114. The third-order valence-electron chi connectivity index (χ3n) is 4.69. The van der Waals surface area contributed by atoms with Crippen LogP contribution in [0, 0.1) is 23.2 Å². The van der Waals surface area contributed by atoms with Crippen molar-refractivity contribution >= 4 is 0 Å². The zero-order chi connectivity index (χ0) is 8.34. The van der Waals surface area contributed by atoms with Crippen LogP contribution in [0.2, 0.25) is 0 Å². The molecule has 0 aromatic heterocycles. The lowest BCUT2D eigenvalue weighted by molar-refractivity contribution is -0.129. The first-order valence-corrected chi connectivity index (χ1v) is 5.02. The van der Waals surface area contributed by atoms with Gasteiger partial charge in [0.15, 0.2) is 6.29 Å². The third-order valence-corrected chi connectivity index (χ3v) is 4.69. The molecule has 2 aliphatic carbocycles. The molecular weight excluding hydrogens is 152 g/mol. The van der Waals surface area contributed by atoms with Gasteiger partial charge >= 0.3 is 0 Å². The molecule has 12 heavy (non-hydrogen) atoms. The van der Waals surface area contributed by atoms with Gasteiger partial charge in [-0.15, -0.1) is 0 Å². The van der Waals surface area contributed by atoms with Crippen molar-refractivity contribution in [3.8, 4) is 0 Å². The second-order valence-corrected chi connectivity index (χ2v) is 4.93. The largest absolute Gasteiger partial charge is 0.367 e. The Bertz CT molecular complexity index is 216. The number of aliphatic hydroxyl groups excluding tert-OH is 1. The van der Waals surface area contributed by atoms with Crippen molar-refractivity contribution in [1.29, 1.82) is 0 Å². The monoisotopic (exact) mass is 168 g/mol. The fourth-order valence-electron chi connectivity index (χ4n) is 3.83. The Morgan fingerprint density at radius 3 is 3.00 bits per heavy atom. The molecule has 68 valence electrons. The van der Waals surface area contributed by atoms with Crippen LogP contribution in [-0.2, 0) is 4.74 Å². The summed E-state index contributed by atoms with van der Waals surface area (Å²) in [5, 5.41) is 9.76. The first-order valence-electron chi connectivity index (χ1n) is 5.02. The van der Waals surface area contributed by atoms with E-state index in [1.165, 1.54) is 19.3 Å². The van der Waals surface area contributed by atoms with E-state index < -0.39 is 6.29 Å². The van der Waals surface area contributed by atoms with Crippen LogP contribution < -0.4 is 0 Å².